The molecule has 98 valence electrons. The highest BCUT2D eigenvalue weighted by atomic mass is 16.5. The molecule has 1 aliphatic rings. The zero-order valence-corrected chi connectivity index (χ0v) is 10.4. The predicted molar refractivity (Wildman–Crippen MR) is 62.7 cm³/mol. The molecule has 1 aromatic heterocycles. The molecule has 7 heteroatoms. The van der Waals surface area contributed by atoms with Crippen molar-refractivity contribution in [1.29, 1.82) is 0 Å². The Kier molecular flexibility index (Phi) is 3.08. The molecule has 0 saturated carbocycles. The minimum absolute atomic E-state index is 0.147. The van der Waals surface area contributed by atoms with E-state index in [9.17, 15) is 9.59 Å². The summed E-state index contributed by atoms with van der Waals surface area (Å²) in [4.78, 5) is 29.1. The quantitative estimate of drug-likeness (QED) is 0.741. The van der Waals surface area contributed by atoms with Crippen molar-refractivity contribution < 1.29 is 14.3 Å². The number of ether oxygens (including phenoxy) is 1. The van der Waals surface area contributed by atoms with Crippen LogP contribution in [0.2, 0.25) is 0 Å². The molecule has 0 radical (unpaired) electrons. The molecule has 0 bridgehead atoms. The maximum atomic E-state index is 12.2. The molecule has 1 aliphatic heterocycles. The number of amides is 2. The second-order valence-electron chi connectivity index (χ2n) is 4.53. The van der Waals surface area contributed by atoms with Crippen LogP contribution in [-0.4, -0.2) is 51.6 Å². The average molecular weight is 252 g/mol. The fraction of sp³-hybridized carbons (Fsp3) is 0.545. The number of hydrogen-bond acceptors (Lipinski definition) is 4. The van der Waals surface area contributed by atoms with Gasteiger partial charge in [0.25, 0.3) is 11.8 Å². The fourth-order valence-corrected chi connectivity index (χ4v) is 1.91. The van der Waals surface area contributed by atoms with Gasteiger partial charge in [0, 0.05) is 26.0 Å². The maximum absolute atomic E-state index is 12.2. The van der Waals surface area contributed by atoms with Crippen molar-refractivity contribution in [2.24, 2.45) is 12.8 Å². The Bertz CT molecular complexity index is 484. The number of primary amides is 1. The van der Waals surface area contributed by atoms with Gasteiger partial charge in [-0.2, -0.15) is 0 Å². The van der Waals surface area contributed by atoms with Crippen LogP contribution in [0.15, 0.2) is 12.4 Å². The van der Waals surface area contributed by atoms with Gasteiger partial charge in [0.15, 0.2) is 11.4 Å². The summed E-state index contributed by atoms with van der Waals surface area (Å²) >= 11 is 0. The smallest absolute Gasteiger partial charge is 0.290 e. The van der Waals surface area contributed by atoms with Crippen LogP contribution in [0.4, 0.5) is 0 Å². The Morgan fingerprint density at radius 2 is 2.28 bits per heavy atom. The molecule has 2 amide bonds. The van der Waals surface area contributed by atoms with Crippen molar-refractivity contribution >= 4 is 11.8 Å². The molecule has 0 unspecified atom stereocenters. The highest BCUT2D eigenvalue weighted by Crippen LogP contribution is 2.18. The molecule has 2 rings (SSSR count). The zero-order chi connectivity index (χ0) is 13.3. The molecule has 0 spiro atoms. The first-order valence-corrected chi connectivity index (χ1v) is 5.64. The van der Waals surface area contributed by atoms with E-state index < -0.39 is 11.5 Å². The molecule has 1 aromatic rings. The minimum atomic E-state index is -1.13. The lowest BCUT2D eigenvalue weighted by atomic mass is 10.0. The first-order chi connectivity index (χ1) is 8.44. The standard InChI is InChI=1S/C11H16N4O3/c1-11(10(12)17)7-15(5-6-18-11)9(16)8-13-3-4-14(8)2/h3-4H,5-7H2,1-2H3,(H2,12,17)/t11-/m0/s1. The Balaban J connectivity index is 2.17. The van der Waals surface area contributed by atoms with Gasteiger partial charge in [-0.05, 0) is 6.92 Å². The fourth-order valence-electron chi connectivity index (χ4n) is 1.91. The zero-order valence-electron chi connectivity index (χ0n) is 10.4. The first kappa shape index (κ1) is 12.6. The van der Waals surface area contributed by atoms with E-state index in [4.69, 9.17) is 10.5 Å². The summed E-state index contributed by atoms with van der Waals surface area (Å²) in [5.74, 6) is -0.457. The lowest BCUT2D eigenvalue weighted by Crippen LogP contribution is -2.58. The second kappa shape index (κ2) is 4.41. The van der Waals surface area contributed by atoms with Gasteiger partial charge < -0.3 is 19.9 Å². The largest absolute Gasteiger partial charge is 0.367 e. The van der Waals surface area contributed by atoms with Crippen LogP contribution in [0.3, 0.4) is 0 Å². The third kappa shape index (κ3) is 2.08. The van der Waals surface area contributed by atoms with Crippen LogP contribution in [0.25, 0.3) is 0 Å². The average Bonchev–Trinajstić information content (AvgIpc) is 2.74. The monoisotopic (exact) mass is 252 g/mol. The number of aryl methyl sites for hydroxylation is 1. The van der Waals surface area contributed by atoms with Gasteiger partial charge in [-0.15, -0.1) is 0 Å². The number of morpholine rings is 1. The van der Waals surface area contributed by atoms with Gasteiger partial charge in [0.2, 0.25) is 0 Å². The Morgan fingerprint density at radius 1 is 1.56 bits per heavy atom. The van der Waals surface area contributed by atoms with E-state index >= 15 is 0 Å². The molecule has 1 fully saturated rings. The van der Waals surface area contributed by atoms with Gasteiger partial charge in [-0.25, -0.2) is 4.98 Å². The Labute approximate surface area is 105 Å². The summed E-state index contributed by atoms with van der Waals surface area (Å²) in [7, 11) is 1.74. The Hall–Kier alpha value is -1.89. The number of carbonyl (C=O) groups excluding carboxylic acids is 2. The molecule has 0 aliphatic carbocycles. The lowest BCUT2D eigenvalue weighted by Gasteiger charge is -2.38. The summed E-state index contributed by atoms with van der Waals surface area (Å²) in [6.07, 6.45) is 3.25. The van der Waals surface area contributed by atoms with Crippen molar-refractivity contribution in [3.8, 4) is 0 Å². The van der Waals surface area contributed by atoms with Gasteiger partial charge in [0.05, 0.1) is 13.2 Å². The van der Waals surface area contributed by atoms with Crippen LogP contribution >= 0.6 is 0 Å². The van der Waals surface area contributed by atoms with Crippen LogP contribution in [-0.2, 0) is 16.6 Å². The number of rotatable bonds is 2. The van der Waals surface area contributed by atoms with Gasteiger partial charge in [0.1, 0.15) is 0 Å². The molecule has 1 saturated heterocycles. The van der Waals surface area contributed by atoms with Crippen LogP contribution in [0, 0.1) is 0 Å². The first-order valence-electron chi connectivity index (χ1n) is 5.64. The molecule has 7 nitrogen and oxygen atoms in total. The summed E-state index contributed by atoms with van der Waals surface area (Å²) in [6.45, 7) is 2.45. The lowest BCUT2D eigenvalue weighted by molar-refractivity contribution is -0.150. The van der Waals surface area contributed by atoms with E-state index in [2.05, 4.69) is 4.98 Å². The van der Waals surface area contributed by atoms with Crippen molar-refractivity contribution in [2.75, 3.05) is 19.7 Å². The van der Waals surface area contributed by atoms with E-state index in [1.807, 2.05) is 0 Å². The summed E-state index contributed by atoms with van der Waals surface area (Å²) in [6, 6.07) is 0. The van der Waals surface area contributed by atoms with Gasteiger partial charge in [-0.3, -0.25) is 9.59 Å². The van der Waals surface area contributed by atoms with E-state index in [0.717, 1.165) is 0 Å². The topological polar surface area (TPSA) is 90.4 Å². The van der Waals surface area contributed by atoms with Crippen molar-refractivity contribution in [1.82, 2.24) is 14.5 Å². The van der Waals surface area contributed by atoms with Crippen LogP contribution in [0.5, 0.6) is 0 Å². The van der Waals surface area contributed by atoms with E-state index in [-0.39, 0.29) is 19.1 Å². The number of nitrogens with two attached hydrogens (primary N) is 1. The number of imidazole rings is 1. The SMILES string of the molecule is Cn1ccnc1C(=O)N1CCO[C@](C)(C(N)=O)C1. The molecular formula is C11H16N4O3. The molecule has 2 heterocycles. The molecular weight excluding hydrogens is 236 g/mol. The predicted octanol–water partition coefficient (Wildman–Crippen LogP) is -0.863. The normalized spacial score (nSPS) is 24.0. The molecule has 18 heavy (non-hydrogen) atoms. The van der Waals surface area contributed by atoms with Crippen molar-refractivity contribution in [2.45, 2.75) is 12.5 Å². The summed E-state index contributed by atoms with van der Waals surface area (Å²) < 4.78 is 7.00. The third-order valence-electron chi connectivity index (χ3n) is 3.10. The van der Waals surface area contributed by atoms with Gasteiger partial charge >= 0.3 is 0 Å². The maximum Gasteiger partial charge on any atom is 0.290 e. The molecule has 0 aromatic carbocycles. The van der Waals surface area contributed by atoms with E-state index in [0.29, 0.717) is 12.4 Å². The number of hydrogen-bond donors (Lipinski definition) is 1. The van der Waals surface area contributed by atoms with Crippen molar-refractivity contribution in [3.63, 3.8) is 0 Å². The van der Waals surface area contributed by atoms with Crippen molar-refractivity contribution in [3.05, 3.63) is 18.2 Å². The molecule has 2 N–H and O–H groups in total. The van der Waals surface area contributed by atoms with Gasteiger partial charge in [-0.1, -0.05) is 0 Å². The number of carbonyl (C=O) groups is 2. The minimum Gasteiger partial charge on any atom is -0.367 e. The second-order valence-corrected chi connectivity index (χ2v) is 4.53. The van der Waals surface area contributed by atoms with Crippen LogP contribution in [0.1, 0.15) is 17.5 Å². The molecule has 1 atom stereocenters. The number of aromatic nitrogens is 2. The highest BCUT2D eigenvalue weighted by Gasteiger charge is 2.39. The van der Waals surface area contributed by atoms with Crippen LogP contribution < -0.4 is 5.73 Å². The highest BCUT2D eigenvalue weighted by molar-refractivity contribution is 5.92. The van der Waals surface area contributed by atoms with E-state index in [1.165, 1.54) is 4.90 Å². The third-order valence-corrected chi connectivity index (χ3v) is 3.10. The number of nitrogens with zero attached hydrogens (tertiary/aromatic N) is 3. The van der Waals surface area contributed by atoms with E-state index in [1.54, 1.807) is 30.9 Å². The Morgan fingerprint density at radius 3 is 2.83 bits per heavy atom. The summed E-state index contributed by atoms with van der Waals surface area (Å²) in [5, 5.41) is 0. The summed E-state index contributed by atoms with van der Waals surface area (Å²) in [5.41, 5.74) is 4.16.